The molecule has 4 nitrogen and oxygen atoms in total. The standard InChI is InChI=1S/C19H21F2NO3S/c1-18(2)13-7-8-19(18)11-26(24,25)22(16(19)10-13)17(23)6-4-12-3-5-14(20)15(21)9-12/h3-6,9,13,16H,7-8,10-11H2,1-2H3/b6-4+/t13?,16-,19-/m1/s1. The molecule has 1 aliphatic heterocycles. The van der Waals surface area contributed by atoms with Gasteiger partial charge in [0.05, 0.1) is 11.8 Å². The fraction of sp³-hybridized carbons (Fsp3) is 0.526. The highest BCUT2D eigenvalue weighted by Crippen LogP contribution is 2.69. The van der Waals surface area contributed by atoms with Crippen molar-refractivity contribution in [2.24, 2.45) is 16.7 Å². The van der Waals surface area contributed by atoms with Crippen LogP contribution in [0.1, 0.15) is 38.7 Å². The van der Waals surface area contributed by atoms with Crippen molar-refractivity contribution in [2.45, 2.75) is 39.2 Å². The summed E-state index contributed by atoms with van der Waals surface area (Å²) in [5.41, 5.74) is -0.178. The number of benzene rings is 1. The van der Waals surface area contributed by atoms with Crippen molar-refractivity contribution in [3.8, 4) is 0 Å². The molecule has 7 heteroatoms. The Morgan fingerprint density at radius 1 is 1.27 bits per heavy atom. The number of rotatable bonds is 2. The summed E-state index contributed by atoms with van der Waals surface area (Å²) in [4.78, 5) is 12.7. The molecule has 140 valence electrons. The highest BCUT2D eigenvalue weighted by Gasteiger charge is 2.72. The number of carbonyl (C=O) groups excluding carboxylic acids is 1. The van der Waals surface area contributed by atoms with Crippen LogP contribution in [-0.2, 0) is 14.8 Å². The molecule has 1 spiro atoms. The van der Waals surface area contributed by atoms with Gasteiger partial charge in [-0.2, -0.15) is 0 Å². The van der Waals surface area contributed by atoms with Gasteiger partial charge in [-0.25, -0.2) is 21.5 Å². The molecule has 0 radical (unpaired) electrons. The first-order valence-corrected chi connectivity index (χ1v) is 10.4. The van der Waals surface area contributed by atoms with Gasteiger partial charge in [0.1, 0.15) is 0 Å². The number of carbonyl (C=O) groups is 1. The summed E-state index contributed by atoms with van der Waals surface area (Å²) in [6.45, 7) is 4.23. The van der Waals surface area contributed by atoms with Crippen LogP contribution in [0.4, 0.5) is 8.78 Å². The lowest BCUT2D eigenvalue weighted by atomic mass is 9.69. The van der Waals surface area contributed by atoms with E-state index in [4.69, 9.17) is 0 Å². The molecule has 3 fully saturated rings. The van der Waals surface area contributed by atoms with Crippen LogP contribution >= 0.6 is 0 Å². The molecule has 26 heavy (non-hydrogen) atoms. The molecule has 1 aromatic rings. The second kappa shape index (κ2) is 5.38. The minimum Gasteiger partial charge on any atom is -0.269 e. The van der Waals surface area contributed by atoms with E-state index in [0.717, 1.165) is 35.4 Å². The zero-order chi connectivity index (χ0) is 18.9. The van der Waals surface area contributed by atoms with Gasteiger partial charge in [0.2, 0.25) is 10.0 Å². The predicted molar refractivity (Wildman–Crippen MR) is 93.4 cm³/mol. The minimum atomic E-state index is -3.68. The Morgan fingerprint density at radius 3 is 2.65 bits per heavy atom. The van der Waals surface area contributed by atoms with Crippen molar-refractivity contribution < 1.29 is 22.0 Å². The zero-order valence-corrected chi connectivity index (χ0v) is 15.5. The van der Waals surface area contributed by atoms with Gasteiger partial charge in [-0.15, -0.1) is 0 Å². The summed E-state index contributed by atoms with van der Waals surface area (Å²) in [5, 5.41) is 0. The highest BCUT2D eigenvalue weighted by molar-refractivity contribution is 7.90. The van der Waals surface area contributed by atoms with Crippen LogP contribution in [0.3, 0.4) is 0 Å². The lowest BCUT2D eigenvalue weighted by molar-refractivity contribution is -0.123. The second-order valence-electron chi connectivity index (χ2n) is 8.26. The number of amides is 1. The van der Waals surface area contributed by atoms with Gasteiger partial charge >= 0.3 is 0 Å². The molecular formula is C19H21F2NO3S. The van der Waals surface area contributed by atoms with Crippen molar-refractivity contribution in [3.05, 3.63) is 41.5 Å². The molecule has 1 aromatic carbocycles. The highest BCUT2D eigenvalue weighted by atomic mass is 32.2. The van der Waals surface area contributed by atoms with Crippen LogP contribution in [0.5, 0.6) is 0 Å². The van der Waals surface area contributed by atoms with Gasteiger partial charge in [-0.3, -0.25) is 4.79 Å². The van der Waals surface area contributed by atoms with Crippen LogP contribution in [0, 0.1) is 28.4 Å². The summed E-state index contributed by atoms with van der Waals surface area (Å²) in [7, 11) is -3.68. The van der Waals surface area contributed by atoms with Crippen molar-refractivity contribution in [2.75, 3.05) is 5.75 Å². The topological polar surface area (TPSA) is 54.5 Å². The first-order chi connectivity index (χ1) is 12.1. The van der Waals surface area contributed by atoms with E-state index >= 15 is 0 Å². The largest absolute Gasteiger partial charge is 0.269 e. The van der Waals surface area contributed by atoms with Gasteiger partial charge in [-0.05, 0) is 54.4 Å². The molecule has 2 bridgehead atoms. The van der Waals surface area contributed by atoms with Gasteiger partial charge < -0.3 is 0 Å². The molecule has 1 heterocycles. The minimum absolute atomic E-state index is 0.0128. The van der Waals surface area contributed by atoms with E-state index in [1.165, 1.54) is 12.1 Å². The van der Waals surface area contributed by atoms with Gasteiger partial charge in [-0.1, -0.05) is 19.9 Å². The smallest absolute Gasteiger partial charge is 0.260 e. The Labute approximate surface area is 151 Å². The molecular weight excluding hydrogens is 360 g/mol. The van der Waals surface area contributed by atoms with E-state index < -0.39 is 27.6 Å². The lowest BCUT2D eigenvalue weighted by Gasteiger charge is -2.36. The molecule has 1 saturated heterocycles. The van der Waals surface area contributed by atoms with Crippen LogP contribution < -0.4 is 0 Å². The molecule has 0 aromatic heterocycles. The van der Waals surface area contributed by atoms with Gasteiger partial charge in [0.15, 0.2) is 11.6 Å². The maximum absolute atomic E-state index is 13.3. The number of hydrogen-bond acceptors (Lipinski definition) is 3. The predicted octanol–water partition coefficient (Wildman–Crippen LogP) is 3.34. The molecule has 1 amide bonds. The SMILES string of the molecule is CC1(C)C2CC[C@]13CS(=O)(=O)N(C(=O)/C=C/c1ccc(F)c(F)c1)[C@@H]3C2. The number of fused-ring (bicyclic) bond motifs is 1. The van der Waals surface area contributed by atoms with Gasteiger partial charge in [0, 0.05) is 11.5 Å². The molecule has 3 atom stereocenters. The third kappa shape index (κ3) is 2.22. The number of halogens is 2. The number of nitrogens with zero attached hydrogens (tertiary/aromatic N) is 1. The van der Waals surface area contributed by atoms with Crippen molar-refractivity contribution in [3.63, 3.8) is 0 Å². The molecule has 2 saturated carbocycles. The van der Waals surface area contributed by atoms with Crippen LogP contribution in [0.25, 0.3) is 6.08 Å². The zero-order valence-electron chi connectivity index (χ0n) is 14.7. The van der Waals surface area contributed by atoms with E-state index in [-0.39, 0.29) is 22.6 Å². The first kappa shape index (κ1) is 17.6. The lowest BCUT2D eigenvalue weighted by Crippen LogP contribution is -2.43. The molecule has 4 rings (SSSR count). The molecule has 0 N–H and O–H groups in total. The maximum atomic E-state index is 13.3. The Kier molecular flexibility index (Phi) is 3.65. The summed E-state index contributed by atoms with van der Waals surface area (Å²) in [5.74, 6) is -2.16. The molecule has 3 aliphatic rings. The van der Waals surface area contributed by atoms with Crippen LogP contribution in [0.15, 0.2) is 24.3 Å². The quantitative estimate of drug-likeness (QED) is 0.739. The number of sulfonamides is 1. The fourth-order valence-corrected chi connectivity index (χ4v) is 7.95. The summed E-state index contributed by atoms with van der Waals surface area (Å²) >= 11 is 0. The second-order valence-corrected chi connectivity index (χ2v) is 10.1. The van der Waals surface area contributed by atoms with E-state index in [1.54, 1.807) is 0 Å². The maximum Gasteiger partial charge on any atom is 0.260 e. The van der Waals surface area contributed by atoms with E-state index in [1.807, 2.05) is 0 Å². The molecule has 2 aliphatic carbocycles. The van der Waals surface area contributed by atoms with Crippen LogP contribution in [0.2, 0.25) is 0 Å². The number of hydrogen-bond donors (Lipinski definition) is 0. The van der Waals surface area contributed by atoms with Crippen molar-refractivity contribution in [1.82, 2.24) is 4.31 Å². The van der Waals surface area contributed by atoms with E-state index in [0.29, 0.717) is 17.9 Å². The first-order valence-electron chi connectivity index (χ1n) is 8.78. The summed E-state index contributed by atoms with van der Waals surface area (Å²) in [6.07, 6.45) is 5.00. The Balaban J connectivity index is 1.64. The molecule has 1 unspecified atom stereocenters. The van der Waals surface area contributed by atoms with Crippen molar-refractivity contribution in [1.29, 1.82) is 0 Å². The summed E-state index contributed by atoms with van der Waals surface area (Å²) < 4.78 is 52.9. The van der Waals surface area contributed by atoms with Crippen LogP contribution in [-0.4, -0.2) is 30.4 Å². The Hall–Kier alpha value is -1.76. The monoisotopic (exact) mass is 381 g/mol. The normalized spacial score (nSPS) is 33.8. The van der Waals surface area contributed by atoms with E-state index in [9.17, 15) is 22.0 Å². The Bertz CT molecular complexity index is 925. The van der Waals surface area contributed by atoms with E-state index in [2.05, 4.69) is 13.8 Å². The summed E-state index contributed by atoms with van der Waals surface area (Å²) in [6, 6.07) is 2.98. The van der Waals surface area contributed by atoms with Gasteiger partial charge in [0.25, 0.3) is 5.91 Å². The fourth-order valence-electron chi connectivity index (χ4n) is 5.44. The Morgan fingerprint density at radius 2 is 2.00 bits per heavy atom. The van der Waals surface area contributed by atoms with Crippen molar-refractivity contribution >= 4 is 22.0 Å². The third-order valence-electron chi connectivity index (χ3n) is 6.99. The average Bonchev–Trinajstić information content (AvgIpc) is 3.03. The third-order valence-corrected chi connectivity index (χ3v) is 8.90. The average molecular weight is 381 g/mol.